The van der Waals surface area contributed by atoms with Gasteiger partial charge >= 0.3 is 0 Å². The van der Waals surface area contributed by atoms with Crippen LogP contribution in [-0.2, 0) is 9.59 Å². The molecular weight excluding hydrogens is 220 g/mol. The molecule has 1 aromatic heterocycles. The first kappa shape index (κ1) is 11.4. The summed E-state index contributed by atoms with van der Waals surface area (Å²) in [5.74, 6) is -0.0917. The first-order valence-corrected chi connectivity index (χ1v) is 5.38. The molecule has 1 atom stereocenters. The van der Waals surface area contributed by atoms with Crippen molar-refractivity contribution >= 4 is 23.3 Å². The number of rotatable bonds is 2. The number of aryl methyl sites for hydroxylation is 1. The van der Waals surface area contributed by atoms with Gasteiger partial charge in [-0.15, -0.1) is 0 Å². The van der Waals surface area contributed by atoms with E-state index in [2.05, 4.69) is 15.6 Å². The summed E-state index contributed by atoms with van der Waals surface area (Å²) in [6, 6.07) is 1.33. The molecule has 2 amide bonds. The van der Waals surface area contributed by atoms with E-state index in [1.165, 1.54) is 0 Å². The number of imide groups is 1. The fourth-order valence-corrected chi connectivity index (χ4v) is 1.71. The van der Waals surface area contributed by atoms with E-state index in [1.807, 2.05) is 6.92 Å². The molecule has 0 spiro atoms. The number of piperidine rings is 1. The molecule has 90 valence electrons. The molecule has 1 aliphatic heterocycles. The third-order valence-corrected chi connectivity index (χ3v) is 2.60. The highest BCUT2D eigenvalue weighted by Crippen LogP contribution is 2.19. The molecule has 2 heterocycles. The smallest absolute Gasteiger partial charge is 0.249 e. The molecule has 1 unspecified atom stereocenters. The van der Waals surface area contributed by atoms with Crippen LogP contribution >= 0.6 is 0 Å². The number of nitrogens with two attached hydrogens (primary N) is 1. The lowest BCUT2D eigenvalue weighted by atomic mass is 10.1. The molecule has 0 radical (unpaired) electrons. The molecule has 1 fully saturated rings. The Morgan fingerprint density at radius 1 is 1.53 bits per heavy atom. The third-order valence-electron chi connectivity index (χ3n) is 2.60. The number of hydrogen-bond acceptors (Lipinski definition) is 5. The van der Waals surface area contributed by atoms with Crippen LogP contribution in [0.3, 0.4) is 0 Å². The molecule has 0 bridgehead atoms. The molecule has 6 heteroatoms. The normalized spacial score (nSPS) is 19.9. The minimum atomic E-state index is -0.454. The zero-order chi connectivity index (χ0) is 12.4. The number of amides is 2. The van der Waals surface area contributed by atoms with Crippen molar-refractivity contribution in [1.82, 2.24) is 10.3 Å². The molecule has 2 rings (SSSR count). The van der Waals surface area contributed by atoms with Crippen molar-refractivity contribution in [2.75, 3.05) is 11.1 Å². The Hall–Kier alpha value is -2.11. The van der Waals surface area contributed by atoms with Crippen molar-refractivity contribution in [3.05, 3.63) is 17.8 Å². The van der Waals surface area contributed by atoms with Gasteiger partial charge in [-0.25, -0.2) is 4.98 Å². The number of carbonyl (C=O) groups is 2. The zero-order valence-electron chi connectivity index (χ0n) is 9.49. The van der Waals surface area contributed by atoms with Crippen LogP contribution in [0.5, 0.6) is 0 Å². The number of anilines is 2. The minimum absolute atomic E-state index is 0.238. The molecule has 0 aliphatic carbocycles. The van der Waals surface area contributed by atoms with Crippen LogP contribution in [-0.4, -0.2) is 22.8 Å². The van der Waals surface area contributed by atoms with Crippen molar-refractivity contribution in [1.29, 1.82) is 0 Å². The maximum absolute atomic E-state index is 11.5. The lowest BCUT2D eigenvalue weighted by molar-refractivity contribution is -0.133. The van der Waals surface area contributed by atoms with E-state index >= 15 is 0 Å². The van der Waals surface area contributed by atoms with Gasteiger partial charge in [0.05, 0.1) is 5.69 Å². The summed E-state index contributed by atoms with van der Waals surface area (Å²) in [6.45, 7) is 1.89. The Balaban J connectivity index is 2.10. The molecule has 1 aromatic rings. The second kappa shape index (κ2) is 4.40. The van der Waals surface area contributed by atoms with Gasteiger partial charge in [0.1, 0.15) is 11.9 Å². The second-order valence-electron chi connectivity index (χ2n) is 4.10. The van der Waals surface area contributed by atoms with Crippen LogP contribution in [0.4, 0.5) is 11.5 Å². The van der Waals surface area contributed by atoms with Gasteiger partial charge in [0.2, 0.25) is 11.8 Å². The topological polar surface area (TPSA) is 97.1 Å². The van der Waals surface area contributed by atoms with Gasteiger partial charge in [0.25, 0.3) is 0 Å². The van der Waals surface area contributed by atoms with Crippen LogP contribution < -0.4 is 16.4 Å². The van der Waals surface area contributed by atoms with Gasteiger partial charge in [-0.2, -0.15) is 0 Å². The fraction of sp³-hybridized carbons (Fsp3) is 0.364. The quantitative estimate of drug-likeness (QED) is 0.635. The first-order valence-electron chi connectivity index (χ1n) is 5.38. The molecular formula is C11H14N4O2. The molecule has 6 nitrogen and oxygen atoms in total. The highest BCUT2D eigenvalue weighted by Gasteiger charge is 2.26. The Labute approximate surface area is 98.6 Å². The average molecular weight is 234 g/mol. The Bertz CT molecular complexity index is 473. The van der Waals surface area contributed by atoms with E-state index in [4.69, 9.17) is 5.73 Å². The maximum Gasteiger partial charge on any atom is 0.249 e. The number of hydrogen-bond donors (Lipinski definition) is 3. The molecule has 0 saturated carbocycles. The number of carbonyl (C=O) groups excluding carboxylic acids is 2. The number of nitrogens with one attached hydrogen (secondary N) is 2. The Morgan fingerprint density at radius 2 is 2.29 bits per heavy atom. The molecule has 4 N–H and O–H groups in total. The SMILES string of the molecule is Cc1cnc(NC2CCC(=O)NC2=O)c(N)c1. The molecule has 17 heavy (non-hydrogen) atoms. The lowest BCUT2D eigenvalue weighted by Gasteiger charge is -2.22. The summed E-state index contributed by atoms with van der Waals surface area (Å²) in [4.78, 5) is 26.6. The zero-order valence-corrected chi connectivity index (χ0v) is 9.49. The predicted octanol–water partition coefficient (Wildman–Crippen LogP) is 0.189. The maximum atomic E-state index is 11.5. The van der Waals surface area contributed by atoms with Crippen LogP contribution in [0.15, 0.2) is 12.3 Å². The number of nitrogens with zero attached hydrogens (tertiary/aromatic N) is 1. The predicted molar refractivity (Wildman–Crippen MR) is 63.2 cm³/mol. The standard InChI is InChI=1S/C11H14N4O2/c1-6-4-7(12)10(13-5-6)14-8-2-3-9(16)15-11(8)17/h4-5,8H,2-3,12H2,1H3,(H,13,14)(H,15,16,17). The van der Waals surface area contributed by atoms with E-state index in [1.54, 1.807) is 12.3 Å². The Kier molecular flexibility index (Phi) is 2.95. The second-order valence-corrected chi connectivity index (χ2v) is 4.10. The number of pyridine rings is 1. The summed E-state index contributed by atoms with van der Waals surface area (Å²) in [7, 11) is 0. The van der Waals surface area contributed by atoms with Crippen molar-refractivity contribution in [3.63, 3.8) is 0 Å². The average Bonchev–Trinajstić information content (AvgIpc) is 2.25. The van der Waals surface area contributed by atoms with Crippen molar-refractivity contribution < 1.29 is 9.59 Å². The Morgan fingerprint density at radius 3 is 2.94 bits per heavy atom. The van der Waals surface area contributed by atoms with E-state index in [9.17, 15) is 9.59 Å². The van der Waals surface area contributed by atoms with Crippen LogP contribution in [0.2, 0.25) is 0 Å². The van der Waals surface area contributed by atoms with Gasteiger partial charge in [-0.05, 0) is 25.0 Å². The summed E-state index contributed by atoms with van der Waals surface area (Å²) >= 11 is 0. The summed E-state index contributed by atoms with van der Waals surface area (Å²) < 4.78 is 0. The van der Waals surface area contributed by atoms with E-state index in [0.717, 1.165) is 5.56 Å². The van der Waals surface area contributed by atoms with Gasteiger partial charge in [0, 0.05) is 12.6 Å². The first-order chi connectivity index (χ1) is 8.06. The van der Waals surface area contributed by atoms with E-state index in [-0.39, 0.29) is 11.8 Å². The summed E-state index contributed by atoms with van der Waals surface area (Å²) in [5.41, 5.74) is 7.24. The summed E-state index contributed by atoms with van der Waals surface area (Å²) in [5, 5.41) is 5.22. The van der Waals surface area contributed by atoms with Crippen LogP contribution in [0, 0.1) is 6.92 Å². The lowest BCUT2D eigenvalue weighted by Crippen LogP contribution is -2.47. The van der Waals surface area contributed by atoms with E-state index in [0.29, 0.717) is 24.3 Å². The fourth-order valence-electron chi connectivity index (χ4n) is 1.71. The molecule has 1 aliphatic rings. The van der Waals surface area contributed by atoms with Gasteiger partial charge < -0.3 is 11.1 Å². The summed E-state index contributed by atoms with van der Waals surface area (Å²) in [6.07, 6.45) is 2.46. The highest BCUT2D eigenvalue weighted by atomic mass is 16.2. The number of aromatic nitrogens is 1. The van der Waals surface area contributed by atoms with E-state index < -0.39 is 6.04 Å². The van der Waals surface area contributed by atoms with Crippen molar-refractivity contribution in [3.8, 4) is 0 Å². The van der Waals surface area contributed by atoms with Crippen LogP contribution in [0.25, 0.3) is 0 Å². The largest absolute Gasteiger partial charge is 0.396 e. The van der Waals surface area contributed by atoms with Gasteiger partial charge in [-0.3, -0.25) is 14.9 Å². The van der Waals surface area contributed by atoms with Crippen molar-refractivity contribution in [2.24, 2.45) is 0 Å². The molecule has 0 aromatic carbocycles. The third kappa shape index (κ3) is 2.52. The monoisotopic (exact) mass is 234 g/mol. The van der Waals surface area contributed by atoms with Crippen molar-refractivity contribution in [2.45, 2.75) is 25.8 Å². The van der Waals surface area contributed by atoms with Gasteiger partial charge in [0.15, 0.2) is 0 Å². The number of nitrogen functional groups attached to an aromatic ring is 1. The molecule has 1 saturated heterocycles. The minimum Gasteiger partial charge on any atom is -0.396 e. The highest BCUT2D eigenvalue weighted by molar-refractivity contribution is 6.01. The van der Waals surface area contributed by atoms with Gasteiger partial charge in [-0.1, -0.05) is 0 Å². The van der Waals surface area contributed by atoms with Crippen LogP contribution in [0.1, 0.15) is 18.4 Å².